The summed E-state index contributed by atoms with van der Waals surface area (Å²) in [6.07, 6.45) is 6.27. The molecular weight excluding hydrogens is 293 g/mol. The van der Waals surface area contributed by atoms with E-state index in [2.05, 4.69) is 0 Å². The average molecular weight is 304 g/mol. The minimum absolute atomic E-state index is 0.253. The molecule has 1 atom stereocenters. The van der Waals surface area contributed by atoms with Crippen LogP contribution in [-0.4, -0.2) is 20.2 Å². The van der Waals surface area contributed by atoms with E-state index in [9.17, 15) is 8.42 Å². The van der Waals surface area contributed by atoms with Crippen LogP contribution in [-0.2, 0) is 9.84 Å². The Balaban J connectivity index is 2.43. The molecule has 0 saturated carbocycles. The predicted octanol–water partition coefficient (Wildman–Crippen LogP) is 3.11. The monoisotopic (exact) mass is 303 g/mol. The largest absolute Gasteiger partial charge is 0.326 e. The molecule has 1 aromatic rings. The number of hydrogen-bond acceptors (Lipinski definition) is 3. The van der Waals surface area contributed by atoms with Gasteiger partial charge in [-0.3, -0.25) is 0 Å². The Morgan fingerprint density at radius 2 is 2.06 bits per heavy atom. The maximum absolute atomic E-state index is 11.5. The first-order chi connectivity index (χ1) is 8.38. The molecule has 1 aromatic carbocycles. The smallest absolute Gasteiger partial charge is 0.175 e. The summed E-state index contributed by atoms with van der Waals surface area (Å²) in [5.41, 5.74) is 0.294. The number of benzene rings is 1. The highest BCUT2D eigenvalue weighted by molar-refractivity contribution is 7.90. The van der Waals surface area contributed by atoms with Crippen LogP contribution in [0.15, 0.2) is 52.5 Å². The van der Waals surface area contributed by atoms with Gasteiger partial charge in [-0.15, -0.1) is 0 Å². The molecule has 1 aliphatic rings. The van der Waals surface area contributed by atoms with Crippen molar-refractivity contribution in [1.29, 1.82) is 0 Å². The topological polar surface area (TPSA) is 37.4 Å². The van der Waals surface area contributed by atoms with E-state index in [0.29, 0.717) is 10.7 Å². The lowest BCUT2D eigenvalue weighted by atomic mass is 10.2. The zero-order chi connectivity index (χ0) is 13.3. The van der Waals surface area contributed by atoms with Gasteiger partial charge in [-0.25, -0.2) is 8.42 Å². The molecular formula is C12H11Cl2NO2S. The Kier molecular flexibility index (Phi) is 3.71. The van der Waals surface area contributed by atoms with E-state index in [1.807, 2.05) is 0 Å². The molecule has 0 spiro atoms. The molecule has 0 bridgehead atoms. The van der Waals surface area contributed by atoms with E-state index in [1.165, 1.54) is 6.26 Å². The molecule has 0 radical (unpaired) electrons. The van der Waals surface area contributed by atoms with Crippen molar-refractivity contribution in [2.45, 2.75) is 10.4 Å². The Morgan fingerprint density at radius 1 is 1.33 bits per heavy atom. The summed E-state index contributed by atoms with van der Waals surface area (Å²) in [4.78, 5) is 1.96. The van der Waals surface area contributed by atoms with Crippen molar-refractivity contribution in [2.75, 3.05) is 11.2 Å². The summed E-state index contributed by atoms with van der Waals surface area (Å²) in [6.45, 7) is 0. The quantitative estimate of drug-likeness (QED) is 0.622. The lowest BCUT2D eigenvalue weighted by Crippen LogP contribution is -2.26. The summed E-state index contributed by atoms with van der Waals surface area (Å²) in [6, 6.07) is 6.58. The van der Waals surface area contributed by atoms with Crippen LogP contribution in [0.1, 0.15) is 0 Å². The summed E-state index contributed by atoms with van der Waals surface area (Å²) >= 11 is 12.0. The zero-order valence-corrected chi connectivity index (χ0v) is 11.9. The van der Waals surface area contributed by atoms with Crippen molar-refractivity contribution in [3.05, 3.63) is 47.6 Å². The van der Waals surface area contributed by atoms with E-state index < -0.39 is 9.84 Å². The van der Waals surface area contributed by atoms with E-state index in [-0.39, 0.29) is 10.4 Å². The number of halogens is 2. The Morgan fingerprint density at radius 3 is 2.72 bits per heavy atom. The molecule has 1 aliphatic heterocycles. The van der Waals surface area contributed by atoms with Gasteiger partial charge < -0.3 is 4.90 Å². The second-order valence-corrected chi connectivity index (χ2v) is 6.82. The number of alkyl halides is 1. The van der Waals surface area contributed by atoms with Crippen LogP contribution in [0.4, 0.5) is 5.69 Å². The summed E-state index contributed by atoms with van der Waals surface area (Å²) in [7, 11) is -3.24. The second kappa shape index (κ2) is 4.96. The third-order valence-electron chi connectivity index (χ3n) is 2.49. The van der Waals surface area contributed by atoms with Gasteiger partial charge in [0.1, 0.15) is 5.50 Å². The fourth-order valence-corrected chi connectivity index (χ4v) is 2.68. The van der Waals surface area contributed by atoms with Crippen molar-refractivity contribution in [2.24, 2.45) is 0 Å². The minimum atomic E-state index is -3.24. The number of nitrogens with zero attached hydrogens (tertiary/aromatic N) is 1. The van der Waals surface area contributed by atoms with Gasteiger partial charge in [-0.1, -0.05) is 29.3 Å². The van der Waals surface area contributed by atoms with Gasteiger partial charge in [-0.05, 0) is 30.4 Å². The second-order valence-electron chi connectivity index (χ2n) is 3.92. The highest BCUT2D eigenvalue weighted by Gasteiger charge is 2.17. The molecule has 0 N–H and O–H groups in total. The minimum Gasteiger partial charge on any atom is -0.326 e. The fraction of sp³-hybridized carbons (Fsp3) is 0.167. The zero-order valence-electron chi connectivity index (χ0n) is 9.55. The third kappa shape index (κ3) is 2.88. The van der Waals surface area contributed by atoms with Crippen LogP contribution >= 0.6 is 23.2 Å². The molecule has 6 heteroatoms. The molecule has 0 aliphatic carbocycles. The van der Waals surface area contributed by atoms with Crippen LogP contribution in [0.2, 0.25) is 0 Å². The van der Waals surface area contributed by atoms with E-state index in [1.54, 1.807) is 47.5 Å². The molecule has 0 saturated heterocycles. The first-order valence-electron chi connectivity index (χ1n) is 5.16. The predicted molar refractivity (Wildman–Crippen MR) is 74.7 cm³/mol. The molecule has 2 rings (SSSR count). The maximum atomic E-state index is 11.5. The van der Waals surface area contributed by atoms with Gasteiger partial charge in [0.2, 0.25) is 0 Å². The average Bonchev–Trinajstić information content (AvgIpc) is 2.31. The number of sulfone groups is 1. The molecule has 1 heterocycles. The number of hydrogen-bond donors (Lipinski definition) is 0. The Hall–Kier alpha value is -0.970. The maximum Gasteiger partial charge on any atom is 0.175 e. The lowest BCUT2D eigenvalue weighted by molar-refractivity contribution is 0.602. The van der Waals surface area contributed by atoms with Crippen LogP contribution in [0.3, 0.4) is 0 Å². The molecule has 3 nitrogen and oxygen atoms in total. The number of allylic oxidation sites excluding steroid dienone is 2. The molecule has 0 aromatic heterocycles. The van der Waals surface area contributed by atoms with Gasteiger partial charge in [0.15, 0.2) is 9.84 Å². The van der Waals surface area contributed by atoms with Gasteiger partial charge in [0.25, 0.3) is 0 Å². The molecule has 1 unspecified atom stereocenters. The van der Waals surface area contributed by atoms with Crippen molar-refractivity contribution in [1.82, 2.24) is 0 Å². The number of anilines is 1. The first kappa shape index (κ1) is 13.5. The summed E-state index contributed by atoms with van der Waals surface area (Å²) < 4.78 is 23.0. The normalized spacial score (nSPS) is 19.8. The van der Waals surface area contributed by atoms with Crippen molar-refractivity contribution in [3.63, 3.8) is 0 Å². The molecule has 96 valence electrons. The van der Waals surface area contributed by atoms with Crippen LogP contribution in [0.25, 0.3) is 0 Å². The lowest BCUT2D eigenvalue weighted by Gasteiger charge is -2.27. The summed E-state index contributed by atoms with van der Waals surface area (Å²) in [5.74, 6) is 0. The van der Waals surface area contributed by atoms with Gasteiger partial charge in [0, 0.05) is 18.1 Å². The van der Waals surface area contributed by atoms with Crippen LogP contribution in [0, 0.1) is 0 Å². The molecule has 0 amide bonds. The van der Waals surface area contributed by atoms with Crippen molar-refractivity contribution >= 4 is 38.7 Å². The van der Waals surface area contributed by atoms with Gasteiger partial charge in [0.05, 0.1) is 9.93 Å². The standard InChI is InChI=1S/C12H11Cl2NO2S/c1-18(16,17)11-4-2-3-10(7-11)15-8-9(13)5-6-12(15)14/h2-8,12H,1H3. The molecule has 0 fully saturated rings. The van der Waals surface area contributed by atoms with Crippen molar-refractivity contribution in [3.8, 4) is 0 Å². The fourth-order valence-electron chi connectivity index (χ4n) is 1.60. The SMILES string of the molecule is CS(=O)(=O)c1cccc(N2C=C(Cl)C=CC2Cl)c1. The summed E-state index contributed by atoms with van der Waals surface area (Å²) in [5, 5.41) is 0.539. The molecule has 18 heavy (non-hydrogen) atoms. The van der Waals surface area contributed by atoms with Gasteiger partial charge >= 0.3 is 0 Å². The van der Waals surface area contributed by atoms with Gasteiger partial charge in [-0.2, -0.15) is 0 Å². The van der Waals surface area contributed by atoms with E-state index in [0.717, 1.165) is 0 Å². The van der Waals surface area contributed by atoms with E-state index in [4.69, 9.17) is 23.2 Å². The Bertz CT molecular complexity index is 623. The van der Waals surface area contributed by atoms with Crippen molar-refractivity contribution < 1.29 is 8.42 Å². The Labute approximate surface area is 116 Å². The highest BCUT2D eigenvalue weighted by Crippen LogP contribution is 2.27. The highest BCUT2D eigenvalue weighted by atomic mass is 35.5. The third-order valence-corrected chi connectivity index (χ3v) is 4.18. The number of rotatable bonds is 2. The van der Waals surface area contributed by atoms with Crippen LogP contribution in [0.5, 0.6) is 0 Å². The van der Waals surface area contributed by atoms with Crippen LogP contribution < -0.4 is 4.90 Å². The van der Waals surface area contributed by atoms with E-state index >= 15 is 0 Å². The first-order valence-corrected chi connectivity index (χ1v) is 7.86.